The van der Waals surface area contributed by atoms with Gasteiger partial charge in [-0.05, 0) is 44.1 Å². The summed E-state index contributed by atoms with van der Waals surface area (Å²) in [4.78, 5) is 14.5. The van der Waals surface area contributed by atoms with Crippen LogP contribution < -0.4 is 15.4 Å². The SMILES string of the molecule is CN1CCCC[C@H]1CNC(=O)Nc1cccc(OCc2ccccc2)c1. The highest BCUT2D eigenvalue weighted by atomic mass is 16.5. The first-order valence-corrected chi connectivity index (χ1v) is 9.22. The number of piperidine rings is 1. The summed E-state index contributed by atoms with van der Waals surface area (Å²) in [6.07, 6.45) is 3.62. The summed E-state index contributed by atoms with van der Waals surface area (Å²) in [6.45, 7) is 2.28. The average molecular weight is 353 g/mol. The summed E-state index contributed by atoms with van der Waals surface area (Å²) in [7, 11) is 2.12. The van der Waals surface area contributed by atoms with Gasteiger partial charge in [-0.1, -0.05) is 42.8 Å². The van der Waals surface area contributed by atoms with Crippen molar-refractivity contribution in [3.63, 3.8) is 0 Å². The number of urea groups is 1. The van der Waals surface area contributed by atoms with Crippen LogP contribution in [-0.4, -0.2) is 37.1 Å². The zero-order valence-electron chi connectivity index (χ0n) is 15.3. The standard InChI is InChI=1S/C21H27N3O2/c1-24-13-6-5-11-19(24)15-22-21(25)23-18-10-7-12-20(14-18)26-16-17-8-3-2-4-9-17/h2-4,7-10,12,14,19H,5-6,11,13,15-16H2,1H3,(H2,22,23,25)/t19-/m0/s1. The van der Waals surface area contributed by atoms with E-state index in [0.29, 0.717) is 19.2 Å². The summed E-state index contributed by atoms with van der Waals surface area (Å²) in [5.41, 5.74) is 1.84. The van der Waals surface area contributed by atoms with Gasteiger partial charge in [0.15, 0.2) is 0 Å². The molecular weight excluding hydrogens is 326 g/mol. The molecule has 2 aromatic rings. The third kappa shape index (κ3) is 5.49. The summed E-state index contributed by atoms with van der Waals surface area (Å²) in [6, 6.07) is 17.7. The summed E-state index contributed by atoms with van der Waals surface area (Å²) in [5.74, 6) is 0.735. The molecule has 138 valence electrons. The van der Waals surface area contributed by atoms with Gasteiger partial charge < -0.3 is 20.3 Å². The number of hydrogen-bond donors (Lipinski definition) is 2. The Morgan fingerprint density at radius 2 is 2.00 bits per heavy atom. The first kappa shape index (κ1) is 18.3. The molecule has 0 spiro atoms. The number of hydrogen-bond acceptors (Lipinski definition) is 3. The lowest BCUT2D eigenvalue weighted by Gasteiger charge is -2.32. The molecule has 1 aliphatic heterocycles. The number of benzene rings is 2. The molecule has 0 saturated carbocycles. The van der Waals surface area contributed by atoms with E-state index < -0.39 is 0 Å². The molecule has 1 heterocycles. The van der Waals surface area contributed by atoms with Gasteiger partial charge in [0.05, 0.1) is 0 Å². The van der Waals surface area contributed by atoms with E-state index in [1.807, 2.05) is 54.6 Å². The Kier molecular flexibility index (Phi) is 6.50. The Bertz CT molecular complexity index is 705. The van der Waals surface area contributed by atoms with Gasteiger partial charge in [-0.15, -0.1) is 0 Å². The van der Waals surface area contributed by atoms with Crippen LogP contribution in [0.1, 0.15) is 24.8 Å². The van der Waals surface area contributed by atoms with E-state index in [0.717, 1.165) is 30.0 Å². The Balaban J connectivity index is 1.47. The number of carbonyl (C=O) groups excluding carboxylic acids is 1. The zero-order chi connectivity index (χ0) is 18.2. The fraction of sp³-hybridized carbons (Fsp3) is 0.381. The summed E-state index contributed by atoms with van der Waals surface area (Å²) >= 11 is 0. The van der Waals surface area contributed by atoms with E-state index in [9.17, 15) is 4.79 Å². The van der Waals surface area contributed by atoms with Crippen molar-refractivity contribution in [2.75, 3.05) is 25.5 Å². The van der Waals surface area contributed by atoms with Crippen LogP contribution in [0.4, 0.5) is 10.5 Å². The molecule has 1 fully saturated rings. The maximum absolute atomic E-state index is 12.2. The molecule has 1 atom stereocenters. The van der Waals surface area contributed by atoms with Gasteiger partial charge in [-0.3, -0.25) is 0 Å². The Morgan fingerprint density at radius 1 is 1.15 bits per heavy atom. The molecule has 0 radical (unpaired) electrons. The molecule has 0 aliphatic carbocycles. The van der Waals surface area contributed by atoms with Crippen LogP contribution in [0.3, 0.4) is 0 Å². The quantitative estimate of drug-likeness (QED) is 0.829. The van der Waals surface area contributed by atoms with E-state index in [1.165, 1.54) is 12.8 Å². The predicted molar refractivity (Wildman–Crippen MR) is 105 cm³/mol. The lowest BCUT2D eigenvalue weighted by Crippen LogP contribution is -2.45. The van der Waals surface area contributed by atoms with Crippen molar-refractivity contribution in [3.8, 4) is 5.75 Å². The predicted octanol–water partition coefficient (Wildman–Crippen LogP) is 3.87. The van der Waals surface area contributed by atoms with Crippen LogP contribution in [0.15, 0.2) is 54.6 Å². The van der Waals surface area contributed by atoms with Crippen molar-refractivity contribution in [3.05, 3.63) is 60.2 Å². The largest absolute Gasteiger partial charge is 0.489 e. The van der Waals surface area contributed by atoms with Crippen LogP contribution in [0.2, 0.25) is 0 Å². The van der Waals surface area contributed by atoms with Gasteiger partial charge in [0.1, 0.15) is 12.4 Å². The Morgan fingerprint density at radius 3 is 2.81 bits per heavy atom. The monoisotopic (exact) mass is 353 g/mol. The number of amides is 2. The third-order valence-corrected chi connectivity index (χ3v) is 4.76. The zero-order valence-corrected chi connectivity index (χ0v) is 15.3. The molecule has 1 aliphatic rings. The highest BCUT2D eigenvalue weighted by Crippen LogP contribution is 2.19. The minimum Gasteiger partial charge on any atom is -0.489 e. The van der Waals surface area contributed by atoms with Crippen molar-refractivity contribution in [1.82, 2.24) is 10.2 Å². The van der Waals surface area contributed by atoms with Crippen molar-refractivity contribution in [1.29, 1.82) is 0 Å². The number of likely N-dealkylation sites (N-methyl/N-ethyl adjacent to an activating group) is 1. The average Bonchev–Trinajstić information content (AvgIpc) is 2.67. The van der Waals surface area contributed by atoms with Gasteiger partial charge in [0.2, 0.25) is 0 Å². The van der Waals surface area contributed by atoms with E-state index in [1.54, 1.807) is 0 Å². The van der Waals surface area contributed by atoms with Gasteiger partial charge in [-0.25, -0.2) is 4.79 Å². The maximum atomic E-state index is 12.2. The number of likely N-dealkylation sites (tertiary alicyclic amines) is 1. The van der Waals surface area contributed by atoms with Crippen LogP contribution in [0.5, 0.6) is 5.75 Å². The van der Waals surface area contributed by atoms with Crippen molar-refractivity contribution < 1.29 is 9.53 Å². The first-order chi connectivity index (χ1) is 12.7. The molecule has 0 aromatic heterocycles. The van der Waals surface area contributed by atoms with E-state index >= 15 is 0 Å². The highest BCUT2D eigenvalue weighted by Gasteiger charge is 2.19. The number of nitrogens with one attached hydrogen (secondary N) is 2. The molecule has 26 heavy (non-hydrogen) atoms. The van der Waals surface area contributed by atoms with Gasteiger partial charge in [-0.2, -0.15) is 0 Å². The van der Waals surface area contributed by atoms with Crippen molar-refractivity contribution in [2.45, 2.75) is 31.9 Å². The Hall–Kier alpha value is -2.53. The lowest BCUT2D eigenvalue weighted by molar-refractivity contribution is 0.182. The number of nitrogens with zero attached hydrogens (tertiary/aromatic N) is 1. The number of rotatable bonds is 6. The topological polar surface area (TPSA) is 53.6 Å². The number of anilines is 1. The van der Waals surface area contributed by atoms with Crippen LogP contribution in [0, 0.1) is 0 Å². The molecule has 0 unspecified atom stereocenters. The fourth-order valence-corrected chi connectivity index (χ4v) is 3.19. The molecule has 5 nitrogen and oxygen atoms in total. The molecule has 5 heteroatoms. The second-order valence-electron chi connectivity index (χ2n) is 6.77. The third-order valence-electron chi connectivity index (χ3n) is 4.76. The first-order valence-electron chi connectivity index (χ1n) is 9.22. The molecule has 3 rings (SSSR count). The Labute approximate surface area is 155 Å². The molecule has 2 aromatic carbocycles. The minimum absolute atomic E-state index is 0.177. The summed E-state index contributed by atoms with van der Waals surface area (Å²) < 4.78 is 5.81. The lowest BCUT2D eigenvalue weighted by atomic mass is 10.0. The second kappa shape index (κ2) is 9.25. The highest BCUT2D eigenvalue weighted by molar-refractivity contribution is 5.89. The van der Waals surface area contributed by atoms with Crippen molar-refractivity contribution >= 4 is 11.7 Å². The molecular formula is C21H27N3O2. The smallest absolute Gasteiger partial charge is 0.319 e. The summed E-state index contributed by atoms with van der Waals surface area (Å²) in [5, 5.41) is 5.86. The van der Waals surface area contributed by atoms with Gasteiger partial charge in [0, 0.05) is 24.3 Å². The number of ether oxygens (including phenoxy) is 1. The number of carbonyl (C=O) groups is 1. The fourth-order valence-electron chi connectivity index (χ4n) is 3.19. The minimum atomic E-state index is -0.177. The molecule has 2 N–H and O–H groups in total. The van der Waals surface area contributed by atoms with Crippen molar-refractivity contribution in [2.24, 2.45) is 0 Å². The van der Waals surface area contributed by atoms with Gasteiger partial charge in [0.25, 0.3) is 0 Å². The van der Waals surface area contributed by atoms with E-state index in [-0.39, 0.29) is 6.03 Å². The molecule has 0 bridgehead atoms. The van der Waals surface area contributed by atoms with E-state index in [2.05, 4.69) is 22.6 Å². The van der Waals surface area contributed by atoms with Crippen LogP contribution in [0.25, 0.3) is 0 Å². The molecule has 1 saturated heterocycles. The van der Waals surface area contributed by atoms with E-state index in [4.69, 9.17) is 4.74 Å². The normalized spacial score (nSPS) is 17.5. The van der Waals surface area contributed by atoms with Gasteiger partial charge >= 0.3 is 6.03 Å². The molecule has 2 amide bonds. The van der Waals surface area contributed by atoms with Crippen LogP contribution >= 0.6 is 0 Å². The van der Waals surface area contributed by atoms with Crippen LogP contribution in [-0.2, 0) is 6.61 Å². The maximum Gasteiger partial charge on any atom is 0.319 e. The second-order valence-corrected chi connectivity index (χ2v) is 6.77.